The molecule has 1 amide bonds. The molecule has 0 spiro atoms. The van der Waals surface area contributed by atoms with E-state index in [1.165, 1.54) is 0 Å². The van der Waals surface area contributed by atoms with E-state index in [4.69, 9.17) is 27.9 Å². The smallest absolute Gasteiger partial charge is 0.229 e. The summed E-state index contributed by atoms with van der Waals surface area (Å²) < 4.78 is 4.57. The average Bonchev–Trinajstić information content (AvgIpc) is 2.90. The fourth-order valence-corrected chi connectivity index (χ4v) is 3.73. The summed E-state index contributed by atoms with van der Waals surface area (Å²) in [6, 6.07) is 9.48. The number of carbonyl (C=O) groups excluding carboxylic acids is 1. The van der Waals surface area contributed by atoms with Crippen LogP contribution in [0.2, 0.25) is 0 Å². The number of amides is 1. The van der Waals surface area contributed by atoms with Crippen LogP contribution in [0.4, 0.5) is 0 Å². The van der Waals surface area contributed by atoms with Crippen LogP contribution in [0, 0.1) is 11.3 Å². The highest BCUT2D eigenvalue weighted by atomic mass is 35.5. The first kappa shape index (κ1) is 15.5. The molecule has 1 saturated carbocycles. The van der Waals surface area contributed by atoms with Crippen molar-refractivity contribution in [3.8, 4) is 5.75 Å². The minimum atomic E-state index is -0.952. The monoisotopic (exact) mass is 315 g/mol. The lowest BCUT2D eigenvalue weighted by Crippen LogP contribution is -2.37. The van der Waals surface area contributed by atoms with Crippen LogP contribution in [0.15, 0.2) is 30.3 Å². The third-order valence-electron chi connectivity index (χ3n) is 4.16. The van der Waals surface area contributed by atoms with Crippen molar-refractivity contribution in [3.05, 3.63) is 30.3 Å². The van der Waals surface area contributed by atoms with Gasteiger partial charge in [0.15, 0.2) is 0 Å². The second kappa shape index (κ2) is 5.82. The maximum absolute atomic E-state index is 12.3. The van der Waals surface area contributed by atoms with E-state index >= 15 is 0 Å². The quantitative estimate of drug-likeness (QED) is 0.645. The normalized spacial score (nSPS) is 26.9. The van der Waals surface area contributed by atoms with Crippen molar-refractivity contribution in [2.75, 3.05) is 13.2 Å². The van der Waals surface area contributed by atoms with Crippen LogP contribution in [0.1, 0.15) is 20.3 Å². The van der Waals surface area contributed by atoms with Crippen molar-refractivity contribution in [2.24, 2.45) is 11.3 Å². The lowest BCUT2D eigenvalue weighted by atomic mass is 9.99. The van der Waals surface area contributed by atoms with Crippen molar-refractivity contribution in [1.29, 1.82) is 0 Å². The zero-order valence-corrected chi connectivity index (χ0v) is 13.2. The molecule has 2 atom stereocenters. The van der Waals surface area contributed by atoms with E-state index in [2.05, 4.69) is 5.32 Å². The number of para-hydroxylation sites is 1. The van der Waals surface area contributed by atoms with Gasteiger partial charge in [-0.25, -0.2) is 0 Å². The first-order valence-electron chi connectivity index (χ1n) is 6.80. The maximum Gasteiger partial charge on any atom is 0.229 e. The summed E-state index contributed by atoms with van der Waals surface area (Å²) in [7, 11) is 0. The zero-order valence-electron chi connectivity index (χ0n) is 11.7. The van der Waals surface area contributed by atoms with E-state index in [0.29, 0.717) is 19.6 Å². The number of benzene rings is 1. The summed E-state index contributed by atoms with van der Waals surface area (Å²) in [5.74, 6) is 0.670. The van der Waals surface area contributed by atoms with Gasteiger partial charge in [0, 0.05) is 5.92 Å². The molecule has 0 bridgehead atoms. The minimum absolute atomic E-state index is 0.0293. The van der Waals surface area contributed by atoms with Gasteiger partial charge in [0.25, 0.3) is 0 Å². The number of nitrogens with one attached hydrogen (secondary N) is 1. The van der Waals surface area contributed by atoms with E-state index in [1.807, 2.05) is 44.2 Å². The highest BCUT2D eigenvalue weighted by Gasteiger charge is 2.76. The lowest BCUT2D eigenvalue weighted by molar-refractivity contribution is -0.127. The Morgan fingerprint density at radius 3 is 2.45 bits per heavy atom. The largest absolute Gasteiger partial charge is 0.492 e. The first-order valence-corrected chi connectivity index (χ1v) is 7.56. The SMILES string of the molecule is CC[C@]1(C(=O)NCCOc2ccccc2)[C@@H](C)C1(Cl)Cl. The predicted molar refractivity (Wildman–Crippen MR) is 81.3 cm³/mol. The molecule has 20 heavy (non-hydrogen) atoms. The number of alkyl halides is 2. The number of halogens is 2. The first-order chi connectivity index (χ1) is 9.46. The molecule has 1 aliphatic rings. The van der Waals surface area contributed by atoms with Gasteiger partial charge in [0.1, 0.15) is 16.7 Å². The molecule has 0 saturated heterocycles. The number of hydrogen-bond acceptors (Lipinski definition) is 2. The third-order valence-corrected chi connectivity index (χ3v) is 5.49. The molecule has 0 radical (unpaired) electrons. The average molecular weight is 316 g/mol. The molecule has 0 aliphatic heterocycles. The number of rotatable bonds is 6. The van der Waals surface area contributed by atoms with Crippen LogP contribution in [-0.4, -0.2) is 23.4 Å². The molecule has 1 N–H and O–H groups in total. The summed E-state index contributed by atoms with van der Waals surface area (Å²) in [5.41, 5.74) is -0.664. The highest BCUT2D eigenvalue weighted by Crippen LogP contribution is 2.70. The van der Waals surface area contributed by atoms with Gasteiger partial charge in [-0.1, -0.05) is 32.0 Å². The Hall–Kier alpha value is -0.930. The Morgan fingerprint density at radius 2 is 1.95 bits per heavy atom. The molecule has 1 fully saturated rings. The summed E-state index contributed by atoms with van der Waals surface area (Å²) in [5, 5.41) is 2.86. The summed E-state index contributed by atoms with van der Waals surface area (Å²) >= 11 is 12.4. The molecule has 1 aromatic rings. The van der Waals surface area contributed by atoms with Gasteiger partial charge in [-0.15, -0.1) is 23.2 Å². The van der Waals surface area contributed by atoms with Gasteiger partial charge in [-0.3, -0.25) is 4.79 Å². The Morgan fingerprint density at radius 1 is 1.35 bits per heavy atom. The van der Waals surface area contributed by atoms with E-state index in [1.54, 1.807) is 0 Å². The van der Waals surface area contributed by atoms with Crippen molar-refractivity contribution in [2.45, 2.75) is 24.6 Å². The summed E-state index contributed by atoms with van der Waals surface area (Å²) in [6.07, 6.45) is 0.631. The molecule has 110 valence electrons. The van der Waals surface area contributed by atoms with Gasteiger partial charge in [-0.2, -0.15) is 0 Å². The van der Waals surface area contributed by atoms with Crippen LogP contribution >= 0.6 is 23.2 Å². The molecule has 1 aromatic carbocycles. The van der Waals surface area contributed by atoms with Crippen LogP contribution < -0.4 is 10.1 Å². The van der Waals surface area contributed by atoms with Crippen molar-refractivity contribution in [1.82, 2.24) is 5.32 Å². The molecular formula is C15H19Cl2NO2. The zero-order chi connectivity index (χ0) is 14.8. The van der Waals surface area contributed by atoms with Crippen molar-refractivity contribution >= 4 is 29.1 Å². The topological polar surface area (TPSA) is 38.3 Å². The van der Waals surface area contributed by atoms with E-state index < -0.39 is 9.75 Å². The van der Waals surface area contributed by atoms with E-state index in [9.17, 15) is 4.79 Å². The van der Waals surface area contributed by atoms with Gasteiger partial charge in [0.05, 0.1) is 12.0 Å². The molecule has 1 aliphatic carbocycles. The molecule has 0 aromatic heterocycles. The molecule has 0 heterocycles. The Labute approximate surface area is 129 Å². The van der Waals surface area contributed by atoms with Crippen LogP contribution in [0.25, 0.3) is 0 Å². The summed E-state index contributed by atoms with van der Waals surface area (Å²) in [6.45, 7) is 4.69. The van der Waals surface area contributed by atoms with E-state index in [0.717, 1.165) is 5.75 Å². The predicted octanol–water partition coefficient (Wildman–Crippen LogP) is 3.40. The Balaban J connectivity index is 1.79. The number of hydrogen-bond donors (Lipinski definition) is 1. The van der Waals surface area contributed by atoms with Crippen LogP contribution in [0.3, 0.4) is 0 Å². The second-order valence-corrected chi connectivity index (χ2v) is 6.47. The molecule has 5 heteroatoms. The lowest BCUT2D eigenvalue weighted by Gasteiger charge is -2.16. The van der Waals surface area contributed by atoms with E-state index in [-0.39, 0.29) is 11.8 Å². The second-order valence-electron chi connectivity index (χ2n) is 5.09. The number of carbonyl (C=O) groups is 1. The molecular weight excluding hydrogens is 297 g/mol. The van der Waals surface area contributed by atoms with Gasteiger partial charge < -0.3 is 10.1 Å². The Bertz CT molecular complexity index is 478. The third kappa shape index (κ3) is 2.49. The summed E-state index contributed by atoms with van der Waals surface area (Å²) in [4.78, 5) is 12.3. The van der Waals surface area contributed by atoms with Crippen molar-refractivity contribution < 1.29 is 9.53 Å². The highest BCUT2D eigenvalue weighted by molar-refractivity contribution is 6.53. The minimum Gasteiger partial charge on any atom is -0.492 e. The Kier molecular flexibility index (Phi) is 4.50. The fourth-order valence-electron chi connectivity index (χ4n) is 2.70. The van der Waals surface area contributed by atoms with Gasteiger partial charge in [-0.05, 0) is 18.6 Å². The standard InChI is InChI=1S/C15H19Cl2NO2/c1-3-14(11(2)15(14,16)17)13(19)18-9-10-20-12-7-5-4-6-8-12/h4-8,11H,3,9-10H2,1-2H3,(H,18,19)/t11-,14-/m1/s1. The van der Waals surface area contributed by atoms with Crippen LogP contribution in [-0.2, 0) is 4.79 Å². The number of ether oxygens (including phenoxy) is 1. The molecule has 0 unspecified atom stereocenters. The molecule has 2 rings (SSSR count). The molecule has 3 nitrogen and oxygen atoms in total. The van der Waals surface area contributed by atoms with Crippen LogP contribution in [0.5, 0.6) is 5.75 Å². The van der Waals surface area contributed by atoms with Crippen molar-refractivity contribution in [3.63, 3.8) is 0 Å². The van der Waals surface area contributed by atoms with Gasteiger partial charge >= 0.3 is 0 Å². The maximum atomic E-state index is 12.3. The van der Waals surface area contributed by atoms with Gasteiger partial charge in [0.2, 0.25) is 5.91 Å². The fraction of sp³-hybridized carbons (Fsp3) is 0.533.